The van der Waals surface area contributed by atoms with E-state index < -0.39 is 6.10 Å². The summed E-state index contributed by atoms with van der Waals surface area (Å²) < 4.78 is 0. The van der Waals surface area contributed by atoms with Crippen LogP contribution in [0.1, 0.15) is 41.0 Å². The maximum absolute atomic E-state index is 9.24. The van der Waals surface area contributed by atoms with Gasteiger partial charge in [0, 0.05) is 6.42 Å². The first-order valence-corrected chi connectivity index (χ1v) is 7.06. The molecule has 1 saturated carbocycles. The summed E-state index contributed by atoms with van der Waals surface area (Å²) >= 11 is 0. The molecule has 0 aliphatic heterocycles. The SMILES string of the molecule is CCOOC(C)C(C)OOC1CC1OOC(C)C(C)O. The van der Waals surface area contributed by atoms with Gasteiger partial charge in [-0.2, -0.15) is 0 Å². The molecule has 7 nitrogen and oxygen atoms in total. The van der Waals surface area contributed by atoms with E-state index >= 15 is 0 Å². The summed E-state index contributed by atoms with van der Waals surface area (Å²) in [6, 6.07) is 0. The molecule has 0 aromatic carbocycles. The normalized spacial score (nSPS) is 27.9. The molecule has 0 heterocycles. The first-order valence-electron chi connectivity index (χ1n) is 7.06. The van der Waals surface area contributed by atoms with Crippen molar-refractivity contribution in [2.45, 2.75) is 77.7 Å². The average Bonchev–Trinajstić information content (AvgIpc) is 3.17. The van der Waals surface area contributed by atoms with E-state index in [0.717, 1.165) is 0 Å². The third-order valence-electron chi connectivity index (χ3n) is 3.02. The molecular formula is C13H26O7. The predicted octanol–water partition coefficient (Wildman–Crippen LogP) is 1.54. The topological polar surface area (TPSA) is 75.6 Å². The largest absolute Gasteiger partial charge is 0.391 e. The molecule has 1 N–H and O–H groups in total. The number of aliphatic hydroxyl groups is 1. The van der Waals surface area contributed by atoms with Gasteiger partial charge in [0.2, 0.25) is 0 Å². The quantitative estimate of drug-likeness (QED) is 0.457. The van der Waals surface area contributed by atoms with Crippen molar-refractivity contribution in [2.24, 2.45) is 0 Å². The first kappa shape index (κ1) is 17.8. The summed E-state index contributed by atoms with van der Waals surface area (Å²) in [5.41, 5.74) is 0. The molecule has 1 aliphatic rings. The van der Waals surface area contributed by atoms with Crippen LogP contribution in [0.3, 0.4) is 0 Å². The summed E-state index contributed by atoms with van der Waals surface area (Å²) in [5.74, 6) is 0. The van der Waals surface area contributed by atoms with E-state index in [9.17, 15) is 5.11 Å². The average molecular weight is 294 g/mol. The van der Waals surface area contributed by atoms with Gasteiger partial charge >= 0.3 is 0 Å². The Hall–Kier alpha value is -0.280. The zero-order valence-electron chi connectivity index (χ0n) is 12.8. The molecule has 0 aromatic heterocycles. The molecule has 0 bridgehead atoms. The highest BCUT2D eigenvalue weighted by atomic mass is 17.2. The second-order valence-electron chi connectivity index (χ2n) is 5.06. The van der Waals surface area contributed by atoms with Crippen LogP contribution in [0.5, 0.6) is 0 Å². The van der Waals surface area contributed by atoms with E-state index in [1.807, 2.05) is 20.8 Å². The van der Waals surface area contributed by atoms with Gasteiger partial charge in [0.15, 0.2) is 0 Å². The molecule has 1 rings (SSSR count). The van der Waals surface area contributed by atoms with Crippen LogP contribution in [-0.4, -0.2) is 48.3 Å². The van der Waals surface area contributed by atoms with Crippen LogP contribution < -0.4 is 0 Å². The Labute approximate surface area is 119 Å². The second-order valence-corrected chi connectivity index (χ2v) is 5.06. The van der Waals surface area contributed by atoms with Crippen LogP contribution in [0, 0.1) is 0 Å². The second kappa shape index (κ2) is 8.89. The van der Waals surface area contributed by atoms with Crippen molar-refractivity contribution in [3.63, 3.8) is 0 Å². The van der Waals surface area contributed by atoms with Gasteiger partial charge in [-0.25, -0.2) is 29.3 Å². The Morgan fingerprint density at radius 3 is 1.90 bits per heavy atom. The maximum atomic E-state index is 9.24. The lowest BCUT2D eigenvalue weighted by Crippen LogP contribution is -2.27. The minimum atomic E-state index is -0.582. The summed E-state index contributed by atoms with van der Waals surface area (Å²) in [7, 11) is 0. The molecule has 6 unspecified atom stereocenters. The lowest BCUT2D eigenvalue weighted by atomic mass is 10.3. The van der Waals surface area contributed by atoms with Gasteiger partial charge in [0.05, 0.1) is 12.7 Å². The standard InChI is InChI=1S/C13H26O7/c1-6-15-16-10(4)11(5)18-20-13-7-12(13)19-17-9(3)8(2)14/h8-14H,6-7H2,1-5H3. The molecule has 20 heavy (non-hydrogen) atoms. The van der Waals surface area contributed by atoms with Crippen LogP contribution in [0.2, 0.25) is 0 Å². The number of rotatable bonds is 11. The van der Waals surface area contributed by atoms with Gasteiger partial charge < -0.3 is 5.11 Å². The lowest BCUT2D eigenvalue weighted by Gasteiger charge is -2.18. The molecule has 0 radical (unpaired) electrons. The third kappa shape index (κ3) is 6.45. The molecule has 6 atom stereocenters. The Balaban J connectivity index is 2.07. The summed E-state index contributed by atoms with van der Waals surface area (Å²) in [5, 5.41) is 9.24. The minimum absolute atomic E-state index is 0.155. The summed E-state index contributed by atoms with van der Waals surface area (Å²) in [4.78, 5) is 30.5. The summed E-state index contributed by atoms with van der Waals surface area (Å²) in [6.07, 6.45) is -1.08. The fourth-order valence-corrected chi connectivity index (χ4v) is 1.08. The van der Waals surface area contributed by atoms with Gasteiger partial charge in [-0.05, 0) is 34.6 Å². The fourth-order valence-electron chi connectivity index (χ4n) is 1.08. The molecule has 0 spiro atoms. The fraction of sp³-hybridized carbons (Fsp3) is 1.00. The van der Waals surface area contributed by atoms with E-state index in [2.05, 4.69) is 0 Å². The van der Waals surface area contributed by atoms with E-state index in [0.29, 0.717) is 13.0 Å². The zero-order chi connectivity index (χ0) is 15.1. The summed E-state index contributed by atoms with van der Waals surface area (Å²) in [6.45, 7) is 9.35. The molecule has 1 aliphatic carbocycles. The smallest absolute Gasteiger partial charge is 0.125 e. The van der Waals surface area contributed by atoms with Gasteiger partial charge in [0.25, 0.3) is 0 Å². The Morgan fingerprint density at radius 2 is 1.40 bits per heavy atom. The molecular weight excluding hydrogens is 268 g/mol. The van der Waals surface area contributed by atoms with Crippen molar-refractivity contribution in [2.75, 3.05) is 6.61 Å². The van der Waals surface area contributed by atoms with E-state index in [4.69, 9.17) is 29.3 Å². The monoisotopic (exact) mass is 294 g/mol. The lowest BCUT2D eigenvalue weighted by molar-refractivity contribution is -0.398. The first-order chi connectivity index (χ1) is 9.45. The van der Waals surface area contributed by atoms with Crippen LogP contribution >= 0.6 is 0 Å². The maximum Gasteiger partial charge on any atom is 0.125 e. The van der Waals surface area contributed by atoms with Crippen LogP contribution in [0.4, 0.5) is 0 Å². The van der Waals surface area contributed by atoms with E-state index in [-0.39, 0.29) is 30.5 Å². The molecule has 7 heteroatoms. The van der Waals surface area contributed by atoms with Gasteiger partial charge in [0.1, 0.15) is 30.5 Å². The number of aliphatic hydroxyl groups excluding tert-OH is 1. The van der Waals surface area contributed by atoms with Crippen LogP contribution in [-0.2, 0) is 29.3 Å². The molecule has 120 valence electrons. The van der Waals surface area contributed by atoms with Gasteiger partial charge in [-0.15, -0.1) is 0 Å². The molecule has 1 fully saturated rings. The van der Waals surface area contributed by atoms with E-state index in [1.54, 1.807) is 13.8 Å². The van der Waals surface area contributed by atoms with E-state index in [1.165, 1.54) is 0 Å². The predicted molar refractivity (Wildman–Crippen MR) is 69.3 cm³/mol. The van der Waals surface area contributed by atoms with Crippen LogP contribution in [0.15, 0.2) is 0 Å². The molecule has 0 amide bonds. The minimum Gasteiger partial charge on any atom is -0.391 e. The van der Waals surface area contributed by atoms with Crippen molar-refractivity contribution >= 4 is 0 Å². The van der Waals surface area contributed by atoms with Crippen LogP contribution in [0.25, 0.3) is 0 Å². The highest BCUT2D eigenvalue weighted by Crippen LogP contribution is 2.30. The molecule has 0 aromatic rings. The van der Waals surface area contributed by atoms with Crippen molar-refractivity contribution in [3.05, 3.63) is 0 Å². The van der Waals surface area contributed by atoms with Crippen molar-refractivity contribution in [1.82, 2.24) is 0 Å². The van der Waals surface area contributed by atoms with Crippen molar-refractivity contribution in [3.8, 4) is 0 Å². The highest BCUT2D eigenvalue weighted by Gasteiger charge is 2.43. The zero-order valence-corrected chi connectivity index (χ0v) is 12.8. The van der Waals surface area contributed by atoms with Gasteiger partial charge in [-0.3, -0.25) is 0 Å². The highest BCUT2D eigenvalue weighted by molar-refractivity contribution is 4.87. The third-order valence-corrected chi connectivity index (χ3v) is 3.02. The van der Waals surface area contributed by atoms with Gasteiger partial charge in [-0.1, -0.05) is 0 Å². The molecule has 0 saturated heterocycles. The number of hydrogen-bond acceptors (Lipinski definition) is 7. The Morgan fingerprint density at radius 1 is 0.900 bits per heavy atom. The van der Waals surface area contributed by atoms with Crippen molar-refractivity contribution < 1.29 is 34.4 Å². The number of hydrogen-bond donors (Lipinski definition) is 1. The van der Waals surface area contributed by atoms with Crippen molar-refractivity contribution in [1.29, 1.82) is 0 Å². The Kier molecular flexibility index (Phi) is 7.90. The Bertz CT molecular complexity index is 261.